The first-order valence-corrected chi connectivity index (χ1v) is 9.67. The molecule has 31 heavy (non-hydrogen) atoms. The van der Waals surface area contributed by atoms with E-state index in [-0.39, 0.29) is 18.4 Å². The van der Waals surface area contributed by atoms with Gasteiger partial charge in [0, 0.05) is 16.3 Å². The highest BCUT2D eigenvalue weighted by molar-refractivity contribution is 6.30. The molecule has 0 bridgehead atoms. The molecule has 8 heteroatoms. The van der Waals surface area contributed by atoms with E-state index in [9.17, 15) is 9.59 Å². The summed E-state index contributed by atoms with van der Waals surface area (Å²) in [5, 5.41) is 7.24. The number of halogens is 1. The van der Waals surface area contributed by atoms with Crippen LogP contribution in [0.3, 0.4) is 0 Å². The van der Waals surface area contributed by atoms with Crippen molar-refractivity contribution < 1.29 is 19.1 Å². The predicted octanol–water partition coefficient (Wildman–Crippen LogP) is 4.13. The second kappa shape index (κ2) is 10.8. The van der Waals surface area contributed by atoms with Gasteiger partial charge in [-0.15, -0.1) is 0 Å². The van der Waals surface area contributed by atoms with E-state index < -0.39 is 0 Å². The monoisotopic (exact) mass is 437 g/mol. The molecule has 0 spiro atoms. The number of amides is 2. The van der Waals surface area contributed by atoms with Gasteiger partial charge >= 0.3 is 0 Å². The maximum Gasteiger partial charge on any atom is 0.271 e. The van der Waals surface area contributed by atoms with Crippen molar-refractivity contribution in [3.8, 4) is 11.5 Å². The van der Waals surface area contributed by atoms with Crippen LogP contribution in [0, 0.1) is 0 Å². The van der Waals surface area contributed by atoms with Crippen molar-refractivity contribution in [2.45, 2.75) is 0 Å². The Morgan fingerprint density at radius 3 is 2.45 bits per heavy atom. The molecule has 2 amide bonds. The van der Waals surface area contributed by atoms with Crippen LogP contribution in [-0.2, 0) is 4.79 Å². The van der Waals surface area contributed by atoms with E-state index >= 15 is 0 Å². The highest BCUT2D eigenvalue weighted by Gasteiger charge is 2.09. The zero-order valence-corrected chi connectivity index (χ0v) is 17.4. The third-order valence-corrected chi connectivity index (χ3v) is 4.34. The first-order valence-electron chi connectivity index (χ1n) is 9.30. The molecule has 0 saturated heterocycles. The number of para-hydroxylation sites is 1. The maximum absolute atomic E-state index is 12.1. The Labute approximate surface area is 184 Å². The molecule has 0 unspecified atom stereocenters. The molecule has 2 N–H and O–H groups in total. The van der Waals surface area contributed by atoms with Crippen LogP contribution >= 0.6 is 11.6 Å². The molecule has 0 saturated carbocycles. The summed E-state index contributed by atoms with van der Waals surface area (Å²) in [6, 6.07) is 20.7. The van der Waals surface area contributed by atoms with E-state index in [2.05, 4.69) is 15.8 Å². The van der Waals surface area contributed by atoms with Crippen molar-refractivity contribution in [1.82, 2.24) is 5.43 Å². The summed E-state index contributed by atoms with van der Waals surface area (Å²) in [4.78, 5) is 24.1. The fraction of sp³-hybridized carbons (Fsp3) is 0.0870. The number of hydrogen-bond donors (Lipinski definition) is 2. The van der Waals surface area contributed by atoms with Crippen molar-refractivity contribution in [1.29, 1.82) is 0 Å². The summed E-state index contributed by atoms with van der Waals surface area (Å²) >= 11 is 5.81. The number of hydrogen-bond acceptors (Lipinski definition) is 5. The molecule has 0 heterocycles. The fourth-order valence-corrected chi connectivity index (χ4v) is 2.70. The van der Waals surface area contributed by atoms with E-state index in [1.54, 1.807) is 54.6 Å². The molecule has 0 aliphatic heterocycles. The summed E-state index contributed by atoms with van der Waals surface area (Å²) in [6.07, 6.45) is 1.47. The second-order valence-electron chi connectivity index (χ2n) is 6.32. The van der Waals surface area contributed by atoms with Gasteiger partial charge in [-0.25, -0.2) is 5.43 Å². The minimum absolute atomic E-state index is 0.171. The molecule has 0 fully saturated rings. The van der Waals surface area contributed by atoms with Crippen molar-refractivity contribution in [3.63, 3.8) is 0 Å². The summed E-state index contributed by atoms with van der Waals surface area (Å²) in [5.41, 5.74) is 4.25. The van der Waals surface area contributed by atoms with Gasteiger partial charge in [0.25, 0.3) is 11.8 Å². The van der Waals surface area contributed by atoms with E-state index in [0.29, 0.717) is 33.3 Å². The normalized spacial score (nSPS) is 10.5. The Hall–Kier alpha value is -3.84. The van der Waals surface area contributed by atoms with Crippen LogP contribution in [0.15, 0.2) is 77.9 Å². The standard InChI is InChI=1S/C23H20ClN3O4/c1-30-21-13-16(14-25-27-23(29)17-8-10-18(24)11-9-17)7-12-20(21)31-15-22(28)26-19-5-3-2-4-6-19/h2-14H,15H2,1H3,(H,26,28)(H,27,29)/b25-14-. The number of nitrogens with zero attached hydrogens (tertiary/aromatic N) is 1. The first kappa shape index (κ1) is 21.9. The van der Waals surface area contributed by atoms with Gasteiger partial charge in [-0.1, -0.05) is 29.8 Å². The lowest BCUT2D eigenvalue weighted by Crippen LogP contribution is -2.20. The Morgan fingerprint density at radius 1 is 1.00 bits per heavy atom. The highest BCUT2D eigenvalue weighted by Crippen LogP contribution is 2.27. The summed E-state index contributed by atoms with van der Waals surface area (Å²) in [7, 11) is 1.50. The van der Waals surface area contributed by atoms with Crippen LogP contribution in [0.25, 0.3) is 0 Å². The van der Waals surface area contributed by atoms with Crippen LogP contribution in [-0.4, -0.2) is 31.7 Å². The first-order chi connectivity index (χ1) is 15.0. The van der Waals surface area contributed by atoms with Gasteiger partial charge < -0.3 is 14.8 Å². The van der Waals surface area contributed by atoms with Gasteiger partial charge in [0.2, 0.25) is 0 Å². The van der Waals surface area contributed by atoms with Crippen LogP contribution in [0.1, 0.15) is 15.9 Å². The van der Waals surface area contributed by atoms with Gasteiger partial charge in [-0.2, -0.15) is 5.10 Å². The molecule has 0 aliphatic rings. The maximum atomic E-state index is 12.1. The van der Waals surface area contributed by atoms with E-state index in [1.807, 2.05) is 18.2 Å². The summed E-state index contributed by atoms with van der Waals surface area (Å²) in [5.74, 6) is 0.196. The zero-order chi connectivity index (χ0) is 22.1. The lowest BCUT2D eigenvalue weighted by atomic mass is 10.2. The number of rotatable bonds is 8. The molecule has 0 radical (unpaired) electrons. The average molecular weight is 438 g/mol. The van der Waals surface area contributed by atoms with Gasteiger partial charge in [-0.3, -0.25) is 9.59 Å². The van der Waals surface area contributed by atoms with Crippen LogP contribution in [0.5, 0.6) is 11.5 Å². The summed E-state index contributed by atoms with van der Waals surface area (Å²) < 4.78 is 10.9. The molecular formula is C23H20ClN3O4. The molecule has 158 valence electrons. The van der Waals surface area contributed by atoms with E-state index in [4.69, 9.17) is 21.1 Å². The van der Waals surface area contributed by atoms with Gasteiger partial charge in [0.05, 0.1) is 13.3 Å². The molecule has 3 aromatic carbocycles. The number of methoxy groups -OCH3 is 1. The largest absolute Gasteiger partial charge is 0.493 e. The molecule has 0 aliphatic carbocycles. The number of nitrogens with one attached hydrogen (secondary N) is 2. The number of hydrazone groups is 1. The fourth-order valence-electron chi connectivity index (χ4n) is 2.58. The SMILES string of the molecule is COc1cc(/C=N\NC(=O)c2ccc(Cl)cc2)ccc1OCC(=O)Nc1ccccc1. The average Bonchev–Trinajstić information content (AvgIpc) is 2.79. The van der Waals surface area contributed by atoms with Crippen molar-refractivity contribution in [2.75, 3.05) is 19.0 Å². The van der Waals surface area contributed by atoms with Gasteiger partial charge in [-0.05, 0) is 60.2 Å². The molecule has 0 aromatic heterocycles. The number of ether oxygens (including phenoxy) is 2. The number of carbonyl (C=O) groups excluding carboxylic acids is 2. The van der Waals surface area contributed by atoms with Crippen molar-refractivity contribution >= 4 is 35.3 Å². The van der Waals surface area contributed by atoms with Crippen molar-refractivity contribution in [2.24, 2.45) is 5.10 Å². The smallest absolute Gasteiger partial charge is 0.271 e. The Balaban J connectivity index is 1.56. The molecule has 3 rings (SSSR count). The second-order valence-corrected chi connectivity index (χ2v) is 6.76. The Bertz CT molecular complexity index is 1070. The summed E-state index contributed by atoms with van der Waals surface area (Å²) in [6.45, 7) is -0.171. The third kappa shape index (κ3) is 6.58. The van der Waals surface area contributed by atoms with Crippen LogP contribution < -0.4 is 20.2 Å². The topological polar surface area (TPSA) is 89.0 Å². The van der Waals surface area contributed by atoms with Crippen LogP contribution in [0.4, 0.5) is 5.69 Å². The number of carbonyl (C=O) groups is 2. The Kier molecular flexibility index (Phi) is 7.61. The molecule has 3 aromatic rings. The quantitative estimate of drug-likeness (QED) is 0.409. The lowest BCUT2D eigenvalue weighted by molar-refractivity contribution is -0.118. The minimum Gasteiger partial charge on any atom is -0.493 e. The minimum atomic E-state index is -0.357. The van der Waals surface area contributed by atoms with E-state index in [1.165, 1.54) is 13.3 Å². The number of benzene rings is 3. The van der Waals surface area contributed by atoms with Gasteiger partial charge in [0.1, 0.15) is 0 Å². The Morgan fingerprint density at radius 2 is 1.74 bits per heavy atom. The zero-order valence-electron chi connectivity index (χ0n) is 16.7. The van der Waals surface area contributed by atoms with Crippen LogP contribution in [0.2, 0.25) is 5.02 Å². The molecule has 0 atom stereocenters. The van der Waals surface area contributed by atoms with Gasteiger partial charge in [0.15, 0.2) is 18.1 Å². The number of anilines is 1. The lowest BCUT2D eigenvalue weighted by Gasteiger charge is -2.11. The molecular weight excluding hydrogens is 418 g/mol. The third-order valence-electron chi connectivity index (χ3n) is 4.09. The predicted molar refractivity (Wildman–Crippen MR) is 120 cm³/mol. The highest BCUT2D eigenvalue weighted by atomic mass is 35.5. The van der Waals surface area contributed by atoms with E-state index in [0.717, 1.165) is 0 Å². The molecule has 7 nitrogen and oxygen atoms in total. The van der Waals surface area contributed by atoms with Crippen molar-refractivity contribution in [3.05, 3.63) is 88.9 Å².